The van der Waals surface area contributed by atoms with Crippen LogP contribution in [0.2, 0.25) is 0 Å². The monoisotopic (exact) mass is 221 g/mol. The average Bonchev–Trinajstić information content (AvgIpc) is 2.27. The number of nitrogens with zero attached hydrogens (tertiary/aromatic N) is 2. The molecule has 0 heterocycles. The van der Waals surface area contributed by atoms with Gasteiger partial charge in [-0.15, -0.1) is 0 Å². The summed E-state index contributed by atoms with van der Waals surface area (Å²) in [6.45, 7) is 1.28. The number of hydrogen-bond acceptors (Lipinski definition) is 4. The fraction of sp³-hybridized carbons (Fsp3) is 0.100. The zero-order valence-corrected chi connectivity index (χ0v) is 8.62. The van der Waals surface area contributed by atoms with Crippen LogP contribution in [0.5, 0.6) is 0 Å². The Bertz CT molecular complexity index is 403. The van der Waals surface area contributed by atoms with Gasteiger partial charge in [-0.25, -0.2) is 5.01 Å². The summed E-state index contributed by atoms with van der Waals surface area (Å²) in [6.07, 6.45) is 0.697. The molecule has 0 aliphatic carbocycles. The van der Waals surface area contributed by atoms with Gasteiger partial charge in [-0.05, 0) is 12.1 Å². The van der Waals surface area contributed by atoms with Crippen molar-refractivity contribution in [1.29, 1.82) is 0 Å². The molecule has 0 fully saturated rings. The normalized spacial score (nSPS) is 10.1. The van der Waals surface area contributed by atoms with Gasteiger partial charge >= 0.3 is 0 Å². The van der Waals surface area contributed by atoms with E-state index in [4.69, 9.17) is 5.21 Å². The van der Waals surface area contributed by atoms with Gasteiger partial charge in [0, 0.05) is 6.92 Å². The van der Waals surface area contributed by atoms with Gasteiger partial charge in [0.25, 0.3) is 5.91 Å². The van der Waals surface area contributed by atoms with E-state index in [1.165, 1.54) is 6.92 Å². The number of benzene rings is 1. The minimum atomic E-state index is -0.649. The third-order valence-corrected chi connectivity index (χ3v) is 1.67. The number of hydrogen-bond donors (Lipinski definition) is 2. The van der Waals surface area contributed by atoms with Crippen molar-refractivity contribution in [2.75, 3.05) is 5.01 Å². The van der Waals surface area contributed by atoms with Gasteiger partial charge in [-0.1, -0.05) is 23.4 Å². The molecule has 0 saturated heterocycles. The first-order valence-corrected chi connectivity index (χ1v) is 4.49. The van der Waals surface area contributed by atoms with Crippen LogP contribution in [0, 0.1) is 0 Å². The summed E-state index contributed by atoms with van der Waals surface area (Å²) in [5, 5.41) is 11.9. The van der Waals surface area contributed by atoms with Crippen LogP contribution in [-0.2, 0) is 9.59 Å². The smallest absolute Gasteiger partial charge is 0.291 e. The molecule has 2 N–H and O–H groups in total. The average molecular weight is 221 g/mol. The first kappa shape index (κ1) is 11.7. The van der Waals surface area contributed by atoms with Gasteiger partial charge in [0.15, 0.2) is 0 Å². The molecule has 16 heavy (non-hydrogen) atoms. The van der Waals surface area contributed by atoms with Gasteiger partial charge in [0.05, 0.1) is 5.69 Å². The molecule has 1 aromatic rings. The highest BCUT2D eigenvalue weighted by molar-refractivity contribution is 6.32. The lowest BCUT2D eigenvalue weighted by atomic mass is 10.3. The molecule has 0 bridgehead atoms. The number of hydrazine groups is 1. The van der Waals surface area contributed by atoms with Crippen LogP contribution in [0.15, 0.2) is 35.5 Å². The molecule has 1 aromatic carbocycles. The molecule has 1 rings (SSSR count). The Kier molecular flexibility index (Phi) is 4.02. The molecular weight excluding hydrogens is 210 g/mol. The molecule has 6 nitrogen and oxygen atoms in total. The molecule has 84 valence electrons. The van der Waals surface area contributed by atoms with E-state index in [-0.39, 0.29) is 0 Å². The lowest BCUT2D eigenvalue weighted by molar-refractivity contribution is -0.122. The van der Waals surface area contributed by atoms with Gasteiger partial charge in [-0.2, -0.15) is 0 Å². The number of carbonyl (C=O) groups excluding carboxylic acids is 2. The number of carbonyl (C=O) groups is 2. The summed E-state index contributed by atoms with van der Waals surface area (Å²) >= 11 is 0. The molecule has 0 saturated carbocycles. The highest BCUT2D eigenvalue weighted by Crippen LogP contribution is 2.10. The fourth-order valence-corrected chi connectivity index (χ4v) is 1.09. The third kappa shape index (κ3) is 3.09. The van der Waals surface area contributed by atoms with E-state index >= 15 is 0 Å². The molecule has 0 aromatic heterocycles. The second-order valence-corrected chi connectivity index (χ2v) is 2.92. The summed E-state index contributed by atoms with van der Waals surface area (Å²) in [5.41, 5.74) is 2.80. The van der Waals surface area contributed by atoms with E-state index in [2.05, 4.69) is 10.6 Å². The Morgan fingerprint density at radius 1 is 1.38 bits per heavy atom. The molecule has 0 atom stereocenters. The molecule has 2 amide bonds. The van der Waals surface area contributed by atoms with Crippen LogP contribution >= 0.6 is 0 Å². The highest BCUT2D eigenvalue weighted by Gasteiger charge is 2.14. The summed E-state index contributed by atoms with van der Waals surface area (Å²) in [4.78, 5) is 22.4. The van der Waals surface area contributed by atoms with E-state index in [1.54, 1.807) is 30.3 Å². The van der Waals surface area contributed by atoms with Gasteiger partial charge < -0.3 is 5.21 Å². The Morgan fingerprint density at radius 2 is 2.00 bits per heavy atom. The van der Waals surface area contributed by atoms with Crippen LogP contribution < -0.4 is 10.4 Å². The maximum atomic E-state index is 11.5. The summed E-state index contributed by atoms with van der Waals surface area (Å²) in [7, 11) is 0. The predicted octanol–water partition coefficient (Wildman–Crippen LogP) is 0.531. The topological polar surface area (TPSA) is 82.0 Å². The van der Waals surface area contributed by atoms with E-state index in [0.717, 1.165) is 5.01 Å². The van der Waals surface area contributed by atoms with E-state index in [1.807, 2.05) is 0 Å². The van der Waals surface area contributed by atoms with Crippen LogP contribution in [0.3, 0.4) is 0 Å². The number of rotatable bonds is 2. The van der Waals surface area contributed by atoms with Crippen molar-refractivity contribution in [2.45, 2.75) is 6.92 Å². The van der Waals surface area contributed by atoms with Crippen LogP contribution in [0.4, 0.5) is 5.69 Å². The van der Waals surface area contributed by atoms with E-state index in [9.17, 15) is 9.59 Å². The molecular formula is C10H11N3O3. The minimum absolute atomic E-state index is 0.399. The second kappa shape index (κ2) is 5.50. The zero-order chi connectivity index (χ0) is 12.0. The highest BCUT2D eigenvalue weighted by atomic mass is 16.4. The standard InChI is InChI=1S/C10H11N3O3/c1-8(14)12-13(10(15)7-11-16)9-5-3-2-4-6-9/h2-7,16H,1H3,(H,12,14)/b11-7-. The molecule has 0 aliphatic heterocycles. The SMILES string of the molecule is CC(=O)NN(C(=O)/C=N\O)c1ccccc1. The zero-order valence-electron chi connectivity index (χ0n) is 8.62. The fourth-order valence-electron chi connectivity index (χ4n) is 1.09. The predicted molar refractivity (Wildman–Crippen MR) is 58.0 cm³/mol. The van der Waals surface area contributed by atoms with E-state index < -0.39 is 11.8 Å². The Hall–Kier alpha value is -2.37. The van der Waals surface area contributed by atoms with E-state index in [0.29, 0.717) is 11.9 Å². The summed E-state index contributed by atoms with van der Waals surface area (Å²) in [5.74, 6) is -1.05. The Balaban J connectivity index is 2.96. The summed E-state index contributed by atoms with van der Waals surface area (Å²) < 4.78 is 0. The van der Waals surface area contributed by atoms with Crippen LogP contribution in [0.1, 0.15) is 6.92 Å². The number of oxime groups is 1. The van der Waals surface area contributed by atoms with Crippen LogP contribution in [-0.4, -0.2) is 23.2 Å². The van der Waals surface area contributed by atoms with Crippen molar-refractivity contribution in [3.05, 3.63) is 30.3 Å². The van der Waals surface area contributed by atoms with Crippen LogP contribution in [0.25, 0.3) is 0 Å². The molecule has 0 aliphatic rings. The number of amides is 2. The lowest BCUT2D eigenvalue weighted by Gasteiger charge is -2.20. The van der Waals surface area contributed by atoms with Crippen molar-refractivity contribution in [2.24, 2.45) is 5.16 Å². The molecule has 6 heteroatoms. The van der Waals surface area contributed by atoms with Crippen molar-refractivity contribution in [3.63, 3.8) is 0 Å². The number of anilines is 1. The largest absolute Gasteiger partial charge is 0.411 e. The summed E-state index contributed by atoms with van der Waals surface area (Å²) in [6, 6.07) is 8.49. The first-order valence-electron chi connectivity index (χ1n) is 4.49. The lowest BCUT2D eigenvalue weighted by Crippen LogP contribution is -2.46. The molecule has 0 unspecified atom stereocenters. The maximum Gasteiger partial charge on any atom is 0.291 e. The minimum Gasteiger partial charge on any atom is -0.411 e. The van der Waals surface area contributed by atoms with Crippen molar-refractivity contribution in [1.82, 2.24) is 5.43 Å². The molecule has 0 spiro atoms. The first-order chi connectivity index (χ1) is 7.65. The molecule has 0 radical (unpaired) electrons. The Morgan fingerprint density at radius 3 is 2.50 bits per heavy atom. The number of para-hydroxylation sites is 1. The van der Waals surface area contributed by atoms with Crippen molar-refractivity contribution in [3.8, 4) is 0 Å². The Labute approximate surface area is 92.1 Å². The quantitative estimate of drug-likeness (QED) is 0.434. The third-order valence-electron chi connectivity index (χ3n) is 1.67. The van der Waals surface area contributed by atoms with Gasteiger partial charge in [-0.3, -0.25) is 15.0 Å². The van der Waals surface area contributed by atoms with Crippen molar-refractivity contribution >= 4 is 23.7 Å². The second-order valence-electron chi connectivity index (χ2n) is 2.92. The van der Waals surface area contributed by atoms with Gasteiger partial charge in [0.1, 0.15) is 6.21 Å². The number of nitrogens with one attached hydrogen (secondary N) is 1. The van der Waals surface area contributed by atoms with Gasteiger partial charge in [0.2, 0.25) is 5.91 Å². The maximum absolute atomic E-state index is 11.5. The van der Waals surface area contributed by atoms with Crippen molar-refractivity contribution < 1.29 is 14.8 Å².